The average molecular weight is 273 g/mol. The summed E-state index contributed by atoms with van der Waals surface area (Å²) in [5.74, 6) is -0.414. The maximum Gasteiger partial charge on any atom is 0.339 e. The van der Waals surface area contributed by atoms with Gasteiger partial charge in [0.2, 0.25) is 0 Å². The van der Waals surface area contributed by atoms with E-state index in [4.69, 9.17) is 16.3 Å². The third kappa shape index (κ3) is 3.97. The molecule has 0 fully saturated rings. The molecule has 0 aromatic heterocycles. The molecule has 0 aliphatic carbocycles. The molecule has 0 amide bonds. The Hall–Kier alpha value is -2.06. The van der Waals surface area contributed by atoms with Gasteiger partial charge in [-0.1, -0.05) is 60.1 Å². The highest BCUT2D eigenvalue weighted by atomic mass is 35.5. The molecule has 0 N–H and O–H groups in total. The van der Waals surface area contributed by atoms with E-state index in [1.807, 2.05) is 36.4 Å². The highest BCUT2D eigenvalue weighted by Crippen LogP contribution is 2.15. The lowest BCUT2D eigenvalue weighted by Gasteiger charge is -2.03. The van der Waals surface area contributed by atoms with Crippen molar-refractivity contribution in [1.82, 2.24) is 0 Å². The van der Waals surface area contributed by atoms with E-state index in [0.717, 1.165) is 5.56 Å². The Bertz CT molecular complexity index is 576. The van der Waals surface area contributed by atoms with Crippen molar-refractivity contribution in [2.75, 3.05) is 6.61 Å². The fourth-order valence-electron chi connectivity index (χ4n) is 1.58. The Morgan fingerprint density at radius 2 is 1.74 bits per heavy atom. The van der Waals surface area contributed by atoms with Crippen LogP contribution in [0.5, 0.6) is 0 Å². The van der Waals surface area contributed by atoms with Crippen molar-refractivity contribution in [2.45, 2.75) is 0 Å². The van der Waals surface area contributed by atoms with Crippen molar-refractivity contribution in [1.29, 1.82) is 0 Å². The zero-order valence-electron chi connectivity index (χ0n) is 10.3. The monoisotopic (exact) mass is 272 g/mol. The van der Waals surface area contributed by atoms with Crippen LogP contribution in [0.1, 0.15) is 15.9 Å². The Labute approximate surface area is 117 Å². The lowest BCUT2D eigenvalue weighted by molar-refractivity contribution is 0.0550. The first kappa shape index (κ1) is 13.4. The molecular weight excluding hydrogens is 260 g/mol. The summed E-state index contributed by atoms with van der Waals surface area (Å²) in [6.07, 6.45) is 3.70. The number of halogens is 1. The Balaban J connectivity index is 1.88. The molecule has 0 atom stereocenters. The van der Waals surface area contributed by atoms with E-state index in [2.05, 4.69) is 0 Å². The largest absolute Gasteiger partial charge is 0.458 e. The third-order valence-electron chi connectivity index (χ3n) is 2.51. The molecule has 2 nitrogen and oxygen atoms in total. The summed E-state index contributed by atoms with van der Waals surface area (Å²) in [4.78, 5) is 11.7. The molecule has 0 radical (unpaired) electrons. The highest BCUT2D eigenvalue weighted by Gasteiger charge is 2.09. The summed E-state index contributed by atoms with van der Waals surface area (Å²) in [7, 11) is 0. The van der Waals surface area contributed by atoms with Crippen LogP contribution in [0.25, 0.3) is 6.08 Å². The first-order chi connectivity index (χ1) is 9.27. The number of rotatable bonds is 4. The molecule has 0 spiro atoms. The zero-order chi connectivity index (χ0) is 13.5. The van der Waals surface area contributed by atoms with Gasteiger partial charge in [-0.05, 0) is 23.8 Å². The normalized spacial score (nSPS) is 10.6. The molecule has 19 heavy (non-hydrogen) atoms. The molecule has 96 valence electrons. The number of carbonyl (C=O) groups excluding carboxylic acids is 1. The lowest BCUT2D eigenvalue weighted by Crippen LogP contribution is -2.05. The van der Waals surface area contributed by atoms with Crippen LogP contribution in [-0.2, 0) is 4.74 Å². The number of ether oxygens (including phenoxy) is 1. The zero-order valence-corrected chi connectivity index (χ0v) is 11.0. The molecule has 2 rings (SSSR count). The topological polar surface area (TPSA) is 26.3 Å². The number of benzene rings is 2. The number of hydrogen-bond donors (Lipinski definition) is 0. The SMILES string of the molecule is O=C(OC/C=C/c1ccccc1)c1ccccc1Cl. The van der Waals surface area contributed by atoms with Crippen LogP contribution >= 0.6 is 11.6 Å². The van der Waals surface area contributed by atoms with Gasteiger partial charge in [0.25, 0.3) is 0 Å². The van der Waals surface area contributed by atoms with Gasteiger partial charge in [0.15, 0.2) is 0 Å². The maximum absolute atomic E-state index is 11.7. The van der Waals surface area contributed by atoms with Crippen molar-refractivity contribution in [2.24, 2.45) is 0 Å². The first-order valence-corrected chi connectivity index (χ1v) is 6.28. The summed E-state index contributed by atoms with van der Waals surface area (Å²) in [5, 5.41) is 0.402. The van der Waals surface area contributed by atoms with Crippen LogP contribution < -0.4 is 0 Å². The van der Waals surface area contributed by atoms with Gasteiger partial charge in [0.1, 0.15) is 6.61 Å². The summed E-state index contributed by atoms with van der Waals surface area (Å²) >= 11 is 5.91. The van der Waals surface area contributed by atoms with E-state index < -0.39 is 5.97 Å². The van der Waals surface area contributed by atoms with Crippen molar-refractivity contribution >= 4 is 23.6 Å². The van der Waals surface area contributed by atoms with E-state index in [1.165, 1.54) is 0 Å². The highest BCUT2D eigenvalue weighted by molar-refractivity contribution is 6.33. The van der Waals surface area contributed by atoms with E-state index in [1.54, 1.807) is 30.3 Å². The molecule has 0 saturated heterocycles. The third-order valence-corrected chi connectivity index (χ3v) is 2.84. The Morgan fingerprint density at radius 3 is 2.47 bits per heavy atom. The van der Waals surface area contributed by atoms with Gasteiger partial charge < -0.3 is 4.74 Å². The van der Waals surface area contributed by atoms with Gasteiger partial charge in [-0.3, -0.25) is 0 Å². The van der Waals surface area contributed by atoms with Gasteiger partial charge in [0, 0.05) is 0 Å². The minimum Gasteiger partial charge on any atom is -0.458 e. The minimum absolute atomic E-state index is 0.221. The second-order valence-electron chi connectivity index (χ2n) is 3.89. The summed E-state index contributed by atoms with van der Waals surface area (Å²) in [6.45, 7) is 0.221. The smallest absolute Gasteiger partial charge is 0.339 e. The van der Waals surface area contributed by atoms with Crippen LogP contribution in [-0.4, -0.2) is 12.6 Å². The molecule has 0 bridgehead atoms. The molecule has 0 aliphatic heterocycles. The van der Waals surface area contributed by atoms with Crippen molar-refractivity contribution < 1.29 is 9.53 Å². The Morgan fingerprint density at radius 1 is 1.05 bits per heavy atom. The van der Waals surface area contributed by atoms with Crippen molar-refractivity contribution in [3.8, 4) is 0 Å². The molecule has 0 heterocycles. The van der Waals surface area contributed by atoms with Gasteiger partial charge >= 0.3 is 5.97 Å². The standard InChI is InChI=1S/C16H13ClO2/c17-15-11-5-4-10-14(15)16(18)19-12-6-9-13-7-2-1-3-8-13/h1-11H,12H2/b9-6+. The van der Waals surface area contributed by atoms with E-state index in [0.29, 0.717) is 10.6 Å². The van der Waals surface area contributed by atoms with E-state index >= 15 is 0 Å². The second kappa shape index (κ2) is 6.76. The summed E-state index contributed by atoms with van der Waals surface area (Å²) in [6, 6.07) is 16.7. The molecular formula is C16H13ClO2. The fraction of sp³-hybridized carbons (Fsp3) is 0.0625. The number of esters is 1. The number of carbonyl (C=O) groups is 1. The first-order valence-electron chi connectivity index (χ1n) is 5.90. The lowest BCUT2D eigenvalue weighted by atomic mass is 10.2. The van der Waals surface area contributed by atoms with Gasteiger partial charge in [-0.25, -0.2) is 4.79 Å². The second-order valence-corrected chi connectivity index (χ2v) is 4.30. The van der Waals surface area contributed by atoms with Crippen LogP contribution in [0, 0.1) is 0 Å². The predicted molar refractivity (Wildman–Crippen MR) is 77.2 cm³/mol. The van der Waals surface area contributed by atoms with E-state index in [9.17, 15) is 4.79 Å². The maximum atomic E-state index is 11.7. The molecule has 3 heteroatoms. The van der Waals surface area contributed by atoms with Crippen LogP contribution in [0.3, 0.4) is 0 Å². The molecule has 2 aromatic carbocycles. The molecule has 0 unspecified atom stereocenters. The molecule has 2 aromatic rings. The average Bonchev–Trinajstić information content (AvgIpc) is 2.45. The van der Waals surface area contributed by atoms with Gasteiger partial charge in [-0.15, -0.1) is 0 Å². The number of hydrogen-bond acceptors (Lipinski definition) is 2. The van der Waals surface area contributed by atoms with Crippen molar-refractivity contribution in [3.05, 3.63) is 76.8 Å². The van der Waals surface area contributed by atoms with Gasteiger partial charge in [-0.2, -0.15) is 0 Å². The minimum atomic E-state index is -0.414. The van der Waals surface area contributed by atoms with Crippen molar-refractivity contribution in [3.63, 3.8) is 0 Å². The van der Waals surface area contributed by atoms with E-state index in [-0.39, 0.29) is 6.61 Å². The molecule has 0 saturated carbocycles. The fourth-order valence-corrected chi connectivity index (χ4v) is 1.79. The quantitative estimate of drug-likeness (QED) is 0.780. The van der Waals surface area contributed by atoms with Crippen LogP contribution in [0.15, 0.2) is 60.7 Å². The van der Waals surface area contributed by atoms with Crippen LogP contribution in [0.4, 0.5) is 0 Å². The predicted octanol–water partition coefficient (Wildman–Crippen LogP) is 4.21. The summed E-state index contributed by atoms with van der Waals surface area (Å²) in [5.41, 5.74) is 1.45. The Kier molecular flexibility index (Phi) is 4.76. The van der Waals surface area contributed by atoms with Crippen LogP contribution in [0.2, 0.25) is 5.02 Å². The summed E-state index contributed by atoms with van der Waals surface area (Å²) < 4.78 is 5.12. The van der Waals surface area contributed by atoms with Gasteiger partial charge in [0.05, 0.1) is 10.6 Å². The molecule has 0 aliphatic rings.